The van der Waals surface area contributed by atoms with Crippen molar-refractivity contribution in [1.29, 1.82) is 0 Å². The van der Waals surface area contributed by atoms with Gasteiger partial charge in [0.05, 0.1) is 10.5 Å². The lowest BCUT2D eigenvalue weighted by atomic mass is 10.1. The summed E-state index contributed by atoms with van der Waals surface area (Å²) < 4.78 is 0. The normalized spacial score (nSPS) is 10.8. The second kappa shape index (κ2) is 4.40. The Bertz CT molecular complexity index is 762. The zero-order valence-corrected chi connectivity index (χ0v) is 10.6. The lowest BCUT2D eigenvalue weighted by Crippen LogP contribution is -2.10. The number of hydrogen-bond acceptors (Lipinski definition) is 2. The van der Waals surface area contributed by atoms with Gasteiger partial charge in [0.2, 0.25) is 5.91 Å². The fourth-order valence-corrected chi connectivity index (χ4v) is 2.30. The third kappa shape index (κ3) is 1.96. The van der Waals surface area contributed by atoms with Gasteiger partial charge in [-0.05, 0) is 24.3 Å². The molecule has 19 heavy (non-hydrogen) atoms. The first-order chi connectivity index (χ1) is 9.16. The van der Waals surface area contributed by atoms with Gasteiger partial charge >= 0.3 is 0 Å². The smallest absolute Gasteiger partial charge is 0.248 e. The highest BCUT2D eigenvalue weighted by Gasteiger charge is 2.11. The highest BCUT2D eigenvalue weighted by molar-refractivity contribution is 6.36. The average Bonchev–Trinajstić information content (AvgIpc) is 2.84. The summed E-state index contributed by atoms with van der Waals surface area (Å²) in [5.74, 6) is -0.448. The number of benzene rings is 2. The Balaban J connectivity index is 2.16. The largest absolute Gasteiger partial charge is 0.366 e. The van der Waals surface area contributed by atoms with Crippen LogP contribution in [0, 0.1) is 0 Å². The van der Waals surface area contributed by atoms with Gasteiger partial charge in [-0.1, -0.05) is 29.8 Å². The number of fused-ring (bicyclic) bond motifs is 1. The number of H-pyrrole nitrogens is 1. The van der Waals surface area contributed by atoms with Crippen LogP contribution in [0.4, 0.5) is 0 Å². The lowest BCUT2D eigenvalue weighted by Gasteiger charge is -2.01. The van der Waals surface area contributed by atoms with Crippen molar-refractivity contribution in [1.82, 2.24) is 10.2 Å². The van der Waals surface area contributed by atoms with Crippen molar-refractivity contribution in [3.63, 3.8) is 0 Å². The fraction of sp³-hybridized carbons (Fsp3) is 0. The van der Waals surface area contributed by atoms with Gasteiger partial charge in [-0.3, -0.25) is 9.89 Å². The molecule has 0 saturated heterocycles. The molecule has 0 spiro atoms. The van der Waals surface area contributed by atoms with E-state index in [-0.39, 0.29) is 0 Å². The molecule has 3 rings (SSSR count). The fourth-order valence-electron chi connectivity index (χ4n) is 2.03. The number of aromatic nitrogens is 2. The summed E-state index contributed by atoms with van der Waals surface area (Å²) >= 11 is 6.20. The zero-order valence-electron chi connectivity index (χ0n) is 9.85. The Morgan fingerprint density at radius 3 is 2.58 bits per heavy atom. The second-order valence-electron chi connectivity index (χ2n) is 4.18. The number of primary amides is 1. The molecule has 4 nitrogen and oxygen atoms in total. The van der Waals surface area contributed by atoms with E-state index in [0.717, 1.165) is 22.2 Å². The predicted octanol–water partition coefficient (Wildman–Crippen LogP) is 2.98. The van der Waals surface area contributed by atoms with Crippen LogP contribution in [0.3, 0.4) is 0 Å². The van der Waals surface area contributed by atoms with Crippen molar-refractivity contribution in [3.8, 4) is 11.3 Å². The molecule has 94 valence electrons. The predicted molar refractivity (Wildman–Crippen MR) is 75.1 cm³/mol. The zero-order chi connectivity index (χ0) is 13.4. The molecule has 0 aliphatic heterocycles. The Morgan fingerprint density at radius 2 is 1.89 bits per heavy atom. The molecule has 5 heteroatoms. The summed E-state index contributed by atoms with van der Waals surface area (Å²) in [6, 6.07) is 12.6. The third-order valence-corrected chi connectivity index (χ3v) is 3.30. The number of nitrogens with one attached hydrogen (secondary N) is 1. The van der Waals surface area contributed by atoms with Crippen LogP contribution >= 0.6 is 11.6 Å². The molecule has 0 bridgehead atoms. The van der Waals surface area contributed by atoms with Gasteiger partial charge in [0.1, 0.15) is 5.69 Å². The average molecular weight is 272 g/mol. The van der Waals surface area contributed by atoms with Crippen molar-refractivity contribution in [2.75, 3.05) is 0 Å². The summed E-state index contributed by atoms with van der Waals surface area (Å²) in [4.78, 5) is 11.0. The number of halogens is 1. The van der Waals surface area contributed by atoms with E-state index >= 15 is 0 Å². The third-order valence-electron chi connectivity index (χ3n) is 2.98. The molecule has 0 radical (unpaired) electrons. The summed E-state index contributed by atoms with van der Waals surface area (Å²) in [7, 11) is 0. The first-order valence-electron chi connectivity index (χ1n) is 5.69. The van der Waals surface area contributed by atoms with Gasteiger partial charge in [-0.2, -0.15) is 5.10 Å². The number of nitrogens with zero attached hydrogens (tertiary/aromatic N) is 1. The Kier molecular flexibility index (Phi) is 2.72. The Hall–Kier alpha value is -2.33. The van der Waals surface area contributed by atoms with Crippen LogP contribution < -0.4 is 5.73 Å². The van der Waals surface area contributed by atoms with E-state index in [0.29, 0.717) is 10.6 Å². The van der Waals surface area contributed by atoms with Crippen molar-refractivity contribution >= 4 is 28.4 Å². The summed E-state index contributed by atoms with van der Waals surface area (Å²) in [5, 5.41) is 8.72. The van der Waals surface area contributed by atoms with E-state index in [4.69, 9.17) is 17.3 Å². The van der Waals surface area contributed by atoms with Gasteiger partial charge in [0, 0.05) is 16.5 Å². The first kappa shape index (κ1) is 11.7. The number of aromatic amines is 1. The minimum atomic E-state index is -0.448. The van der Waals surface area contributed by atoms with Crippen LogP contribution in [-0.2, 0) is 0 Å². The second-order valence-corrected chi connectivity index (χ2v) is 4.58. The molecule has 1 heterocycles. The molecular formula is C14H10ClN3O. The number of nitrogens with two attached hydrogens (primary N) is 1. The molecule has 0 unspecified atom stereocenters. The van der Waals surface area contributed by atoms with E-state index in [2.05, 4.69) is 10.2 Å². The molecule has 3 aromatic rings. The number of rotatable bonds is 2. The van der Waals surface area contributed by atoms with Crippen molar-refractivity contribution < 1.29 is 4.79 Å². The van der Waals surface area contributed by atoms with Crippen molar-refractivity contribution in [2.24, 2.45) is 5.73 Å². The number of hydrogen-bond donors (Lipinski definition) is 2. The Morgan fingerprint density at radius 1 is 1.16 bits per heavy atom. The lowest BCUT2D eigenvalue weighted by molar-refractivity contribution is 0.100. The topological polar surface area (TPSA) is 71.8 Å². The van der Waals surface area contributed by atoms with Crippen molar-refractivity contribution in [3.05, 3.63) is 53.1 Å². The highest BCUT2D eigenvalue weighted by atomic mass is 35.5. The van der Waals surface area contributed by atoms with E-state index < -0.39 is 5.91 Å². The number of carbonyl (C=O) groups is 1. The molecule has 0 atom stereocenters. The van der Waals surface area contributed by atoms with Gasteiger partial charge in [-0.25, -0.2) is 0 Å². The number of amides is 1. The summed E-state index contributed by atoms with van der Waals surface area (Å²) in [6.07, 6.45) is 0. The Labute approximate surface area is 114 Å². The standard InChI is InChI=1S/C14H10ClN3O/c15-10-2-1-3-11-12(10)13(18-17-11)8-4-6-9(7-5-8)14(16)19/h1-7H,(H2,16,19)(H,17,18). The maximum Gasteiger partial charge on any atom is 0.248 e. The SMILES string of the molecule is NC(=O)c1ccc(-c2n[nH]c3cccc(Cl)c23)cc1. The van der Waals surface area contributed by atoms with E-state index in [1.165, 1.54) is 0 Å². The number of carbonyl (C=O) groups excluding carboxylic acids is 1. The van der Waals surface area contributed by atoms with Crippen LogP contribution in [0.25, 0.3) is 22.2 Å². The minimum Gasteiger partial charge on any atom is -0.366 e. The van der Waals surface area contributed by atoms with Gasteiger partial charge in [0.15, 0.2) is 0 Å². The highest BCUT2D eigenvalue weighted by Crippen LogP contribution is 2.31. The van der Waals surface area contributed by atoms with Crippen LogP contribution in [0.5, 0.6) is 0 Å². The molecule has 0 saturated carbocycles. The maximum absolute atomic E-state index is 11.0. The summed E-state index contributed by atoms with van der Waals surface area (Å²) in [5.41, 5.74) is 8.20. The molecule has 3 N–H and O–H groups in total. The molecule has 0 fully saturated rings. The van der Waals surface area contributed by atoms with Crippen LogP contribution in [0.2, 0.25) is 5.02 Å². The molecule has 0 aliphatic carbocycles. The van der Waals surface area contributed by atoms with Gasteiger partial charge in [-0.15, -0.1) is 0 Å². The van der Waals surface area contributed by atoms with Crippen LogP contribution in [-0.4, -0.2) is 16.1 Å². The van der Waals surface area contributed by atoms with E-state index in [1.54, 1.807) is 24.3 Å². The molecular weight excluding hydrogens is 262 g/mol. The molecule has 1 amide bonds. The van der Waals surface area contributed by atoms with E-state index in [9.17, 15) is 4.79 Å². The van der Waals surface area contributed by atoms with Crippen LogP contribution in [0.15, 0.2) is 42.5 Å². The molecule has 2 aromatic carbocycles. The van der Waals surface area contributed by atoms with Crippen LogP contribution in [0.1, 0.15) is 10.4 Å². The van der Waals surface area contributed by atoms with Gasteiger partial charge in [0.25, 0.3) is 0 Å². The van der Waals surface area contributed by atoms with Crippen molar-refractivity contribution in [2.45, 2.75) is 0 Å². The monoisotopic (exact) mass is 271 g/mol. The summed E-state index contributed by atoms with van der Waals surface area (Å²) in [6.45, 7) is 0. The molecule has 1 aromatic heterocycles. The quantitative estimate of drug-likeness (QED) is 0.752. The molecule has 0 aliphatic rings. The van der Waals surface area contributed by atoms with Gasteiger partial charge < -0.3 is 5.73 Å². The first-order valence-corrected chi connectivity index (χ1v) is 6.07. The maximum atomic E-state index is 11.0. The minimum absolute atomic E-state index is 0.448. The van der Waals surface area contributed by atoms with E-state index in [1.807, 2.05) is 18.2 Å².